The summed E-state index contributed by atoms with van der Waals surface area (Å²) in [6.45, 7) is 0.903. The van der Waals surface area contributed by atoms with Crippen LogP contribution < -0.4 is 5.32 Å². The maximum absolute atomic E-state index is 13.4. The minimum absolute atomic E-state index is 0.195. The zero-order valence-electron chi connectivity index (χ0n) is 18.6. The Balaban J connectivity index is 1.47. The molecule has 2 fully saturated rings. The van der Waals surface area contributed by atoms with Crippen LogP contribution in [0.25, 0.3) is 0 Å². The van der Waals surface area contributed by atoms with E-state index < -0.39 is 35.3 Å². The molecule has 2 saturated heterocycles. The quantitative estimate of drug-likeness (QED) is 0.721. The molecule has 34 heavy (non-hydrogen) atoms. The normalized spacial score (nSPS) is 20.4. The van der Waals surface area contributed by atoms with Crippen LogP contribution in [0.5, 0.6) is 0 Å². The Morgan fingerprint density at radius 3 is 2.18 bits per heavy atom. The number of nitrogens with zero attached hydrogens (tertiary/aromatic N) is 2. The molecule has 2 aliphatic heterocycles. The number of carbonyl (C=O) groups excluding carboxylic acids is 3. The highest BCUT2D eigenvalue weighted by Gasteiger charge is 2.44. The van der Waals surface area contributed by atoms with Gasteiger partial charge in [-0.05, 0) is 43.4 Å². The number of alkyl halides is 3. The number of likely N-dealkylation sites (tertiary alicyclic amines) is 2. The van der Waals surface area contributed by atoms with Crippen LogP contribution in [0.4, 0.5) is 13.2 Å². The van der Waals surface area contributed by atoms with Crippen molar-refractivity contribution in [2.45, 2.75) is 50.5 Å². The number of carbonyl (C=O) groups is 3. The zero-order chi connectivity index (χ0) is 24.3. The van der Waals surface area contributed by atoms with Crippen LogP contribution in [0.2, 0.25) is 0 Å². The standard InChI is InChI=1S/C25H26F3N3O3/c26-25(27,28)19-11-5-4-10-18(19)23(33)31-15-7-13-21(31)24(34)30-14-6-12-20(30)22(32)29-16-17-8-2-1-3-9-17/h1-5,8-11,20-21H,6-7,12-16H2,(H,29,32)/t20-,21-/m1/s1. The lowest BCUT2D eigenvalue weighted by molar-refractivity contribution is -0.141. The number of halogens is 3. The number of hydrogen-bond acceptors (Lipinski definition) is 3. The summed E-state index contributed by atoms with van der Waals surface area (Å²) in [5.41, 5.74) is -0.548. The number of benzene rings is 2. The lowest BCUT2D eigenvalue weighted by atomic mass is 10.0. The van der Waals surface area contributed by atoms with Gasteiger partial charge < -0.3 is 15.1 Å². The molecule has 0 radical (unpaired) electrons. The van der Waals surface area contributed by atoms with Crippen molar-refractivity contribution in [1.29, 1.82) is 0 Å². The fraction of sp³-hybridized carbons (Fsp3) is 0.400. The van der Waals surface area contributed by atoms with Crippen LogP contribution in [-0.4, -0.2) is 52.7 Å². The summed E-state index contributed by atoms with van der Waals surface area (Å²) in [6.07, 6.45) is -2.66. The molecule has 180 valence electrons. The number of nitrogens with one attached hydrogen (secondary N) is 1. The summed E-state index contributed by atoms with van der Waals surface area (Å²) in [5.74, 6) is -1.46. The predicted octanol–water partition coefficient (Wildman–Crippen LogP) is 3.62. The summed E-state index contributed by atoms with van der Waals surface area (Å²) >= 11 is 0. The van der Waals surface area contributed by atoms with Crippen molar-refractivity contribution in [3.8, 4) is 0 Å². The molecule has 0 bridgehead atoms. The van der Waals surface area contributed by atoms with Crippen molar-refractivity contribution in [2.24, 2.45) is 0 Å². The van der Waals surface area contributed by atoms with Crippen molar-refractivity contribution in [1.82, 2.24) is 15.1 Å². The highest BCUT2D eigenvalue weighted by molar-refractivity contribution is 6.00. The fourth-order valence-electron chi connectivity index (χ4n) is 4.74. The Hall–Kier alpha value is -3.36. The minimum atomic E-state index is -4.68. The lowest BCUT2D eigenvalue weighted by Crippen LogP contribution is -2.52. The fourth-order valence-corrected chi connectivity index (χ4v) is 4.74. The van der Waals surface area contributed by atoms with Crippen molar-refractivity contribution in [2.75, 3.05) is 13.1 Å². The second-order valence-electron chi connectivity index (χ2n) is 8.59. The van der Waals surface area contributed by atoms with Gasteiger partial charge in [-0.3, -0.25) is 14.4 Å². The maximum Gasteiger partial charge on any atom is 0.417 e. The first-order chi connectivity index (χ1) is 16.3. The highest BCUT2D eigenvalue weighted by atomic mass is 19.4. The molecule has 1 N–H and O–H groups in total. The molecule has 2 aliphatic rings. The molecule has 6 nitrogen and oxygen atoms in total. The third-order valence-corrected chi connectivity index (χ3v) is 6.41. The van der Waals surface area contributed by atoms with Crippen molar-refractivity contribution in [3.05, 3.63) is 71.3 Å². The summed E-state index contributed by atoms with van der Waals surface area (Å²) in [5, 5.41) is 2.86. The Bertz CT molecular complexity index is 1060. The first-order valence-corrected chi connectivity index (χ1v) is 11.4. The molecular weight excluding hydrogens is 447 g/mol. The van der Waals surface area contributed by atoms with Gasteiger partial charge in [-0.1, -0.05) is 42.5 Å². The Morgan fingerprint density at radius 1 is 0.853 bits per heavy atom. The second kappa shape index (κ2) is 9.87. The molecule has 2 aromatic rings. The van der Waals surface area contributed by atoms with Gasteiger partial charge in [-0.25, -0.2) is 0 Å². The third-order valence-electron chi connectivity index (χ3n) is 6.41. The minimum Gasteiger partial charge on any atom is -0.350 e. The third kappa shape index (κ3) is 4.93. The van der Waals surface area contributed by atoms with Crippen molar-refractivity contribution < 1.29 is 27.6 Å². The van der Waals surface area contributed by atoms with Crippen LogP contribution >= 0.6 is 0 Å². The Morgan fingerprint density at radius 2 is 1.47 bits per heavy atom. The monoisotopic (exact) mass is 473 g/mol. The number of rotatable bonds is 5. The molecule has 0 spiro atoms. The van der Waals surface area contributed by atoms with E-state index in [1.807, 2.05) is 30.3 Å². The molecule has 2 atom stereocenters. The van der Waals surface area contributed by atoms with Gasteiger partial charge in [0.05, 0.1) is 11.1 Å². The topological polar surface area (TPSA) is 69.7 Å². The molecule has 0 saturated carbocycles. The summed E-state index contributed by atoms with van der Waals surface area (Å²) in [7, 11) is 0. The smallest absolute Gasteiger partial charge is 0.350 e. The summed E-state index contributed by atoms with van der Waals surface area (Å²) in [6, 6.07) is 12.5. The molecule has 2 heterocycles. The molecule has 4 rings (SSSR count). The summed E-state index contributed by atoms with van der Waals surface area (Å²) in [4.78, 5) is 42.0. The molecule has 0 aliphatic carbocycles. The first kappa shape index (κ1) is 23.8. The maximum atomic E-state index is 13.4. The van der Waals surface area contributed by atoms with Crippen LogP contribution in [-0.2, 0) is 22.3 Å². The Labute approximate surface area is 195 Å². The first-order valence-electron chi connectivity index (χ1n) is 11.4. The number of hydrogen-bond donors (Lipinski definition) is 1. The predicted molar refractivity (Wildman–Crippen MR) is 119 cm³/mol. The molecule has 3 amide bonds. The van der Waals surface area contributed by atoms with Crippen LogP contribution in [0.15, 0.2) is 54.6 Å². The van der Waals surface area contributed by atoms with Crippen LogP contribution in [0, 0.1) is 0 Å². The van der Waals surface area contributed by atoms with Gasteiger partial charge >= 0.3 is 6.18 Å². The van der Waals surface area contributed by atoms with Gasteiger partial charge in [0, 0.05) is 19.6 Å². The van der Waals surface area contributed by atoms with Gasteiger partial charge in [0.1, 0.15) is 12.1 Å². The van der Waals surface area contributed by atoms with E-state index >= 15 is 0 Å². The van der Waals surface area contributed by atoms with Gasteiger partial charge in [0.25, 0.3) is 5.91 Å². The molecule has 0 aromatic heterocycles. The van der Waals surface area contributed by atoms with Crippen LogP contribution in [0.1, 0.15) is 47.2 Å². The zero-order valence-corrected chi connectivity index (χ0v) is 18.6. The SMILES string of the molecule is O=C(NCc1ccccc1)[C@H]1CCCN1C(=O)[C@H]1CCCN1C(=O)c1ccccc1C(F)(F)F. The van der Waals surface area contributed by atoms with E-state index in [4.69, 9.17) is 0 Å². The van der Waals surface area contributed by atoms with E-state index in [9.17, 15) is 27.6 Å². The largest absolute Gasteiger partial charge is 0.417 e. The van der Waals surface area contributed by atoms with Gasteiger partial charge in [-0.15, -0.1) is 0 Å². The van der Waals surface area contributed by atoms with Gasteiger partial charge in [0.15, 0.2) is 0 Å². The van der Waals surface area contributed by atoms with Crippen molar-refractivity contribution in [3.63, 3.8) is 0 Å². The van der Waals surface area contributed by atoms with E-state index in [0.717, 1.165) is 17.7 Å². The second-order valence-corrected chi connectivity index (χ2v) is 8.59. The summed E-state index contributed by atoms with van der Waals surface area (Å²) < 4.78 is 40.3. The molecule has 2 aromatic carbocycles. The molecular formula is C25H26F3N3O3. The average molecular weight is 473 g/mol. The molecule has 0 unspecified atom stereocenters. The van der Waals surface area contributed by atoms with E-state index in [1.54, 1.807) is 0 Å². The van der Waals surface area contributed by atoms with E-state index in [1.165, 1.54) is 21.9 Å². The van der Waals surface area contributed by atoms with Crippen molar-refractivity contribution >= 4 is 17.7 Å². The van der Waals surface area contributed by atoms with Gasteiger partial charge in [0.2, 0.25) is 11.8 Å². The van der Waals surface area contributed by atoms with E-state index in [-0.39, 0.29) is 18.4 Å². The highest BCUT2D eigenvalue weighted by Crippen LogP contribution is 2.34. The van der Waals surface area contributed by atoms with Gasteiger partial charge in [-0.2, -0.15) is 13.2 Å². The van der Waals surface area contributed by atoms with E-state index in [2.05, 4.69) is 5.32 Å². The van der Waals surface area contributed by atoms with E-state index in [0.29, 0.717) is 38.8 Å². The Kier molecular flexibility index (Phi) is 6.90. The van der Waals surface area contributed by atoms with Crippen LogP contribution in [0.3, 0.4) is 0 Å². The lowest BCUT2D eigenvalue weighted by Gasteiger charge is -2.31. The average Bonchev–Trinajstić information content (AvgIpc) is 3.52. The molecule has 9 heteroatoms. The number of amides is 3.